The largest absolute Gasteiger partial charge is 0.493 e. The number of unbranched alkanes of at least 4 members (excludes halogenated alkanes) is 1. The van der Waals surface area contributed by atoms with Gasteiger partial charge in [-0.2, -0.15) is 9.78 Å². The highest BCUT2D eigenvalue weighted by Gasteiger charge is 2.15. The summed E-state index contributed by atoms with van der Waals surface area (Å²) >= 11 is 5.55. The number of aryl methyl sites for hydroxylation is 1. The third-order valence-corrected chi connectivity index (χ3v) is 6.90. The molecule has 0 radical (unpaired) electrons. The number of nitrogens with one attached hydrogen (secondary N) is 1. The molecule has 0 unspecified atom stereocenters. The summed E-state index contributed by atoms with van der Waals surface area (Å²) in [6, 6.07) is 18.2. The summed E-state index contributed by atoms with van der Waals surface area (Å²) < 4.78 is 14.2. The van der Waals surface area contributed by atoms with Gasteiger partial charge in [0, 0.05) is 16.6 Å². The number of para-hydroxylation sites is 1. The van der Waals surface area contributed by atoms with Gasteiger partial charge in [0.15, 0.2) is 18.1 Å². The number of carbonyl (C=O) groups is 1. The quantitative estimate of drug-likeness (QED) is 0.163. The maximum absolute atomic E-state index is 13.3. The molecule has 3 aromatic carbocycles. The number of nitrogens with zero attached hydrogens (tertiary/aromatic N) is 3. The molecule has 4 rings (SSSR count). The minimum atomic E-state index is -0.283. The third-order valence-electron chi connectivity index (χ3n) is 5.61. The summed E-state index contributed by atoms with van der Waals surface area (Å²) in [7, 11) is 1.53. The zero-order chi connectivity index (χ0) is 27.1. The van der Waals surface area contributed by atoms with Crippen molar-refractivity contribution in [3.63, 3.8) is 0 Å². The first-order valence-electron chi connectivity index (χ1n) is 12.0. The molecule has 0 saturated heterocycles. The molecule has 1 heterocycles. The standard InChI is InChI=1S/C28H26BrIN4O4/c1-3-4-10-25-33-23-12-11-19(29)15-21(23)28(36)34(25)31-16-18-13-22(30)27(24(14-18)37-2)38-17-26(35)32-20-8-6-5-7-9-20/h5-9,11-16H,3-4,10,17H2,1-2H3,(H,32,35). The number of carbonyl (C=O) groups excluding carboxylic acids is 1. The normalized spacial score (nSPS) is 11.2. The van der Waals surface area contributed by atoms with Crippen LogP contribution in [0.2, 0.25) is 0 Å². The molecule has 1 N–H and O–H groups in total. The summed E-state index contributed by atoms with van der Waals surface area (Å²) in [5.41, 5.74) is 1.81. The highest BCUT2D eigenvalue weighted by atomic mass is 127. The number of amides is 1. The first kappa shape index (κ1) is 27.8. The van der Waals surface area contributed by atoms with Crippen LogP contribution < -0.4 is 20.3 Å². The number of hydrogen-bond donors (Lipinski definition) is 1. The molecule has 1 aromatic heterocycles. The summed E-state index contributed by atoms with van der Waals surface area (Å²) in [6.45, 7) is 1.91. The minimum Gasteiger partial charge on any atom is -0.493 e. The second kappa shape index (κ2) is 13.0. The molecule has 0 aliphatic heterocycles. The van der Waals surface area contributed by atoms with E-state index in [-0.39, 0.29) is 18.1 Å². The van der Waals surface area contributed by atoms with Crippen LogP contribution >= 0.6 is 38.5 Å². The summed E-state index contributed by atoms with van der Waals surface area (Å²) in [6.07, 6.45) is 4.09. The average Bonchev–Trinajstić information content (AvgIpc) is 2.91. The number of methoxy groups -OCH3 is 1. The second-order valence-electron chi connectivity index (χ2n) is 8.39. The smallest absolute Gasteiger partial charge is 0.282 e. The summed E-state index contributed by atoms with van der Waals surface area (Å²) in [4.78, 5) is 30.4. The maximum Gasteiger partial charge on any atom is 0.282 e. The molecule has 10 heteroatoms. The van der Waals surface area contributed by atoms with Gasteiger partial charge in [-0.15, -0.1) is 0 Å². The minimum absolute atomic E-state index is 0.177. The molecule has 0 aliphatic rings. The number of ether oxygens (including phenoxy) is 2. The molecule has 0 fully saturated rings. The van der Waals surface area contributed by atoms with E-state index in [2.05, 4.69) is 55.9 Å². The topological polar surface area (TPSA) is 94.8 Å². The van der Waals surface area contributed by atoms with E-state index in [1.807, 2.05) is 36.4 Å². The van der Waals surface area contributed by atoms with Crippen molar-refractivity contribution >= 4 is 67.2 Å². The number of benzene rings is 3. The average molecular weight is 689 g/mol. The van der Waals surface area contributed by atoms with Crippen LogP contribution in [0, 0.1) is 3.57 Å². The van der Waals surface area contributed by atoms with Gasteiger partial charge < -0.3 is 14.8 Å². The van der Waals surface area contributed by atoms with Crippen molar-refractivity contribution in [2.75, 3.05) is 19.0 Å². The number of anilines is 1. The van der Waals surface area contributed by atoms with Gasteiger partial charge in [0.25, 0.3) is 11.5 Å². The van der Waals surface area contributed by atoms with Gasteiger partial charge in [0.2, 0.25) is 0 Å². The van der Waals surface area contributed by atoms with Gasteiger partial charge in [-0.3, -0.25) is 9.59 Å². The molecule has 8 nitrogen and oxygen atoms in total. The highest BCUT2D eigenvalue weighted by Crippen LogP contribution is 2.33. The number of fused-ring (bicyclic) bond motifs is 1. The van der Waals surface area contributed by atoms with Crippen LogP contribution in [0.15, 0.2) is 75.0 Å². The first-order valence-corrected chi connectivity index (χ1v) is 13.9. The van der Waals surface area contributed by atoms with E-state index in [1.165, 1.54) is 11.8 Å². The molecule has 0 saturated carbocycles. The van der Waals surface area contributed by atoms with E-state index in [0.29, 0.717) is 45.9 Å². The number of aromatic nitrogens is 2. The zero-order valence-electron chi connectivity index (χ0n) is 20.9. The van der Waals surface area contributed by atoms with E-state index in [1.54, 1.807) is 30.5 Å². The Morgan fingerprint density at radius 3 is 2.71 bits per heavy atom. The van der Waals surface area contributed by atoms with Crippen LogP contribution in [-0.2, 0) is 11.2 Å². The van der Waals surface area contributed by atoms with E-state index < -0.39 is 0 Å². The Morgan fingerprint density at radius 1 is 1.18 bits per heavy atom. The van der Waals surface area contributed by atoms with Gasteiger partial charge in [-0.25, -0.2) is 4.98 Å². The van der Waals surface area contributed by atoms with Crippen LogP contribution in [-0.4, -0.2) is 35.5 Å². The first-order chi connectivity index (χ1) is 18.4. The molecular weight excluding hydrogens is 663 g/mol. The molecule has 0 atom stereocenters. The predicted molar refractivity (Wildman–Crippen MR) is 162 cm³/mol. The summed E-state index contributed by atoms with van der Waals surface area (Å²) in [5, 5.41) is 7.79. The van der Waals surface area contributed by atoms with E-state index in [9.17, 15) is 9.59 Å². The zero-order valence-corrected chi connectivity index (χ0v) is 24.7. The Kier molecular flexibility index (Phi) is 9.51. The fourth-order valence-electron chi connectivity index (χ4n) is 3.75. The Hall–Kier alpha value is -3.25. The Morgan fingerprint density at radius 2 is 1.97 bits per heavy atom. The lowest BCUT2D eigenvalue weighted by molar-refractivity contribution is -0.118. The van der Waals surface area contributed by atoms with Crippen LogP contribution in [0.5, 0.6) is 11.5 Å². The van der Waals surface area contributed by atoms with E-state index in [0.717, 1.165) is 20.9 Å². The van der Waals surface area contributed by atoms with E-state index in [4.69, 9.17) is 14.5 Å². The Balaban J connectivity index is 1.59. The molecular formula is C28H26BrIN4O4. The lowest BCUT2D eigenvalue weighted by Crippen LogP contribution is -2.22. The third kappa shape index (κ3) is 6.79. The van der Waals surface area contributed by atoms with Gasteiger partial charge in [-0.05, 0) is 77.0 Å². The molecule has 0 bridgehead atoms. The van der Waals surface area contributed by atoms with Crippen molar-refractivity contribution in [1.29, 1.82) is 0 Å². The monoisotopic (exact) mass is 688 g/mol. The predicted octanol–water partition coefficient (Wildman–Crippen LogP) is 6.01. The fraction of sp³-hybridized carbons (Fsp3) is 0.214. The fourth-order valence-corrected chi connectivity index (χ4v) is 4.89. The maximum atomic E-state index is 13.3. The highest BCUT2D eigenvalue weighted by molar-refractivity contribution is 14.1. The van der Waals surface area contributed by atoms with Gasteiger partial charge in [-0.1, -0.05) is 47.5 Å². The SMILES string of the molecule is CCCCc1nc2ccc(Br)cc2c(=O)n1N=Cc1cc(I)c(OCC(=O)Nc2ccccc2)c(OC)c1. The molecule has 0 aliphatic carbocycles. The number of hydrogen-bond acceptors (Lipinski definition) is 6. The molecule has 4 aromatic rings. The van der Waals surface area contributed by atoms with Crippen molar-refractivity contribution in [3.05, 3.63) is 90.4 Å². The van der Waals surface area contributed by atoms with Crippen molar-refractivity contribution in [2.45, 2.75) is 26.2 Å². The van der Waals surface area contributed by atoms with Crippen LogP contribution in [0.4, 0.5) is 5.69 Å². The van der Waals surface area contributed by atoms with Gasteiger partial charge >= 0.3 is 0 Å². The molecule has 38 heavy (non-hydrogen) atoms. The van der Waals surface area contributed by atoms with Gasteiger partial charge in [0.05, 0.1) is 27.8 Å². The molecule has 1 amide bonds. The van der Waals surface area contributed by atoms with Crippen LogP contribution in [0.25, 0.3) is 10.9 Å². The Labute approximate surface area is 242 Å². The summed E-state index contributed by atoms with van der Waals surface area (Å²) in [5.74, 6) is 1.22. The van der Waals surface area contributed by atoms with E-state index >= 15 is 0 Å². The molecule has 0 spiro atoms. The lowest BCUT2D eigenvalue weighted by Gasteiger charge is -2.14. The van der Waals surface area contributed by atoms with Crippen molar-refractivity contribution in [3.8, 4) is 11.5 Å². The number of halogens is 2. The van der Waals surface area contributed by atoms with Crippen LogP contribution in [0.1, 0.15) is 31.2 Å². The van der Waals surface area contributed by atoms with Crippen molar-refractivity contribution in [1.82, 2.24) is 9.66 Å². The van der Waals surface area contributed by atoms with Gasteiger partial charge in [0.1, 0.15) is 5.82 Å². The van der Waals surface area contributed by atoms with Crippen LogP contribution in [0.3, 0.4) is 0 Å². The van der Waals surface area contributed by atoms with Crippen molar-refractivity contribution in [2.24, 2.45) is 5.10 Å². The van der Waals surface area contributed by atoms with Crippen molar-refractivity contribution < 1.29 is 14.3 Å². The second-order valence-corrected chi connectivity index (χ2v) is 10.5. The molecule has 196 valence electrons. The number of rotatable bonds is 10. The Bertz CT molecular complexity index is 1540. The lowest BCUT2D eigenvalue weighted by atomic mass is 10.2.